The molecule has 0 radical (unpaired) electrons. The first-order valence-corrected chi connectivity index (χ1v) is 9.04. The number of carbonyl (C=O) groups is 1. The fourth-order valence-corrected chi connectivity index (χ4v) is 3.33. The van der Waals surface area contributed by atoms with Crippen LogP contribution in [0.25, 0.3) is 0 Å². The van der Waals surface area contributed by atoms with Crippen LogP contribution < -0.4 is 16.7 Å². The molecule has 2 aromatic rings. The summed E-state index contributed by atoms with van der Waals surface area (Å²) in [6, 6.07) is 8.31. The number of carbonyl (C=O) groups excluding carboxylic acids is 1. The molecule has 3 rings (SSSR count). The molecule has 1 saturated carbocycles. The minimum Gasteiger partial charge on any atom is -0.494 e. The molecule has 0 saturated heterocycles. The van der Waals surface area contributed by atoms with E-state index in [0.29, 0.717) is 5.56 Å². The lowest BCUT2D eigenvalue weighted by molar-refractivity contribution is 0.0955. The Kier molecular flexibility index (Phi) is 5.85. The van der Waals surface area contributed by atoms with Gasteiger partial charge in [-0.05, 0) is 25.0 Å². The van der Waals surface area contributed by atoms with E-state index in [4.69, 9.17) is 0 Å². The Hall–Kier alpha value is -3.16. The Morgan fingerprint density at radius 2 is 1.81 bits per heavy atom. The van der Waals surface area contributed by atoms with Gasteiger partial charge in [-0.25, -0.2) is 10.2 Å². The summed E-state index contributed by atoms with van der Waals surface area (Å²) < 4.78 is 1.23. The Bertz CT molecular complexity index is 938. The average molecular weight is 370 g/mol. The number of nitrogens with one attached hydrogen (secondary N) is 2. The average Bonchev–Trinajstić information content (AvgIpc) is 2.94. The smallest absolute Gasteiger partial charge is 0.331 e. The predicted molar refractivity (Wildman–Crippen MR) is 101 cm³/mol. The van der Waals surface area contributed by atoms with Crippen LogP contribution in [0.3, 0.4) is 0 Å². The largest absolute Gasteiger partial charge is 0.494 e. The first-order valence-electron chi connectivity index (χ1n) is 9.04. The second kappa shape index (κ2) is 8.48. The topological polar surface area (TPSA) is 117 Å². The molecule has 1 aliphatic rings. The van der Waals surface area contributed by atoms with E-state index in [9.17, 15) is 19.5 Å². The highest BCUT2D eigenvalue weighted by atomic mass is 16.3. The number of amides is 1. The third-order valence-corrected chi connectivity index (χ3v) is 4.74. The minimum absolute atomic E-state index is 0.160. The first-order chi connectivity index (χ1) is 13.1. The van der Waals surface area contributed by atoms with Gasteiger partial charge in [0.25, 0.3) is 11.5 Å². The summed E-state index contributed by atoms with van der Waals surface area (Å²) in [4.78, 5) is 38.5. The number of aromatic amines is 1. The minimum atomic E-state index is -0.750. The number of aromatic nitrogens is 2. The van der Waals surface area contributed by atoms with E-state index in [2.05, 4.69) is 15.5 Å². The molecular formula is C19H22N4O4. The van der Waals surface area contributed by atoms with Gasteiger partial charge in [0.15, 0.2) is 0 Å². The van der Waals surface area contributed by atoms with E-state index in [1.165, 1.54) is 4.57 Å². The molecule has 142 valence electrons. The number of nitrogens with zero attached hydrogens (tertiary/aromatic N) is 2. The predicted octanol–water partition coefficient (Wildman–Crippen LogP) is 1.90. The summed E-state index contributed by atoms with van der Waals surface area (Å²) in [6.07, 6.45) is 6.70. The second-order valence-corrected chi connectivity index (χ2v) is 6.58. The molecule has 27 heavy (non-hydrogen) atoms. The highest BCUT2D eigenvalue weighted by Crippen LogP contribution is 2.28. The van der Waals surface area contributed by atoms with Crippen molar-refractivity contribution in [3.05, 3.63) is 62.3 Å². The van der Waals surface area contributed by atoms with Gasteiger partial charge in [0, 0.05) is 11.6 Å². The van der Waals surface area contributed by atoms with Crippen molar-refractivity contribution >= 4 is 12.1 Å². The monoisotopic (exact) mass is 370 g/mol. The molecule has 1 heterocycles. The molecule has 0 aliphatic heterocycles. The van der Waals surface area contributed by atoms with Crippen molar-refractivity contribution in [2.75, 3.05) is 0 Å². The lowest BCUT2D eigenvalue weighted by atomic mass is 10.1. The summed E-state index contributed by atoms with van der Waals surface area (Å²) in [5.41, 5.74) is 1.18. The lowest BCUT2D eigenvalue weighted by Gasteiger charge is -2.19. The number of hydrazone groups is 1. The van der Waals surface area contributed by atoms with Crippen LogP contribution in [0.15, 0.2) is 45.0 Å². The van der Waals surface area contributed by atoms with Crippen molar-refractivity contribution in [1.29, 1.82) is 0 Å². The highest BCUT2D eigenvalue weighted by Gasteiger charge is 2.21. The maximum atomic E-state index is 12.2. The number of H-pyrrole nitrogens is 1. The molecular weight excluding hydrogens is 348 g/mol. The van der Waals surface area contributed by atoms with E-state index >= 15 is 0 Å². The van der Waals surface area contributed by atoms with Crippen LogP contribution in [-0.4, -0.2) is 26.8 Å². The van der Waals surface area contributed by atoms with Gasteiger partial charge < -0.3 is 5.11 Å². The zero-order valence-corrected chi connectivity index (χ0v) is 14.9. The fraction of sp³-hybridized carbons (Fsp3) is 0.368. The Labute approximate surface area is 155 Å². The molecule has 1 aromatic carbocycles. The zero-order valence-electron chi connectivity index (χ0n) is 14.9. The van der Waals surface area contributed by atoms with Crippen LogP contribution in [0.2, 0.25) is 0 Å². The number of rotatable bonds is 4. The fourth-order valence-electron chi connectivity index (χ4n) is 3.33. The van der Waals surface area contributed by atoms with E-state index in [1.807, 2.05) is 0 Å². The molecule has 8 heteroatoms. The van der Waals surface area contributed by atoms with Gasteiger partial charge in [-0.1, -0.05) is 43.9 Å². The van der Waals surface area contributed by atoms with Gasteiger partial charge in [-0.3, -0.25) is 19.1 Å². The van der Waals surface area contributed by atoms with Gasteiger partial charge in [0.05, 0.1) is 6.21 Å². The zero-order chi connectivity index (χ0) is 19.2. The number of aromatic hydroxyl groups is 1. The molecule has 1 aliphatic carbocycles. The molecule has 0 bridgehead atoms. The van der Waals surface area contributed by atoms with Gasteiger partial charge in [0.1, 0.15) is 5.56 Å². The number of hydrogen-bond donors (Lipinski definition) is 3. The molecule has 1 amide bonds. The first kappa shape index (κ1) is 18.6. The SMILES string of the molecule is O=C(N/N=C\c1c(O)n(C2CCCCCC2)c(=O)[nH]c1=O)c1ccccc1. The second-order valence-electron chi connectivity index (χ2n) is 6.58. The van der Waals surface area contributed by atoms with Crippen LogP contribution in [0, 0.1) is 0 Å². The highest BCUT2D eigenvalue weighted by molar-refractivity contribution is 5.94. The van der Waals surface area contributed by atoms with Gasteiger partial charge in [-0.15, -0.1) is 0 Å². The van der Waals surface area contributed by atoms with Crippen LogP contribution >= 0.6 is 0 Å². The van der Waals surface area contributed by atoms with Crippen molar-refractivity contribution in [2.45, 2.75) is 44.6 Å². The van der Waals surface area contributed by atoms with E-state index in [0.717, 1.165) is 44.7 Å². The maximum absolute atomic E-state index is 12.2. The normalized spacial score (nSPS) is 15.6. The van der Waals surface area contributed by atoms with Gasteiger partial charge in [-0.2, -0.15) is 5.10 Å². The lowest BCUT2D eigenvalue weighted by Crippen LogP contribution is -2.34. The quantitative estimate of drug-likeness (QED) is 0.433. The van der Waals surface area contributed by atoms with Crippen molar-refractivity contribution < 1.29 is 9.90 Å². The number of benzene rings is 1. The van der Waals surface area contributed by atoms with Crippen LogP contribution in [-0.2, 0) is 0 Å². The Morgan fingerprint density at radius 1 is 1.15 bits per heavy atom. The molecule has 3 N–H and O–H groups in total. The third kappa shape index (κ3) is 4.33. The van der Waals surface area contributed by atoms with E-state index in [-0.39, 0.29) is 11.6 Å². The summed E-state index contributed by atoms with van der Waals surface area (Å²) in [6.45, 7) is 0. The summed E-state index contributed by atoms with van der Waals surface area (Å²) in [7, 11) is 0. The van der Waals surface area contributed by atoms with Crippen LogP contribution in [0.1, 0.15) is 60.5 Å². The van der Waals surface area contributed by atoms with E-state index < -0.39 is 23.0 Å². The molecule has 1 aromatic heterocycles. The standard InChI is InChI=1S/C19H22N4O4/c24-16(13-8-4-3-5-9-13)22-20-12-15-17(25)21-19(27)23(18(15)26)14-10-6-1-2-7-11-14/h3-5,8-9,12,14,26H,1-2,6-7,10-11H2,(H,22,24)(H,21,25,27)/b20-12-. The van der Waals surface area contributed by atoms with Crippen molar-refractivity contribution in [1.82, 2.24) is 15.0 Å². The van der Waals surface area contributed by atoms with Crippen LogP contribution in [0.4, 0.5) is 0 Å². The van der Waals surface area contributed by atoms with E-state index in [1.54, 1.807) is 30.3 Å². The van der Waals surface area contributed by atoms with Crippen molar-refractivity contribution in [2.24, 2.45) is 5.10 Å². The van der Waals surface area contributed by atoms with Crippen LogP contribution in [0.5, 0.6) is 5.88 Å². The summed E-state index contributed by atoms with van der Waals surface area (Å²) in [5.74, 6) is -0.867. The third-order valence-electron chi connectivity index (χ3n) is 4.74. The molecule has 0 atom stereocenters. The summed E-state index contributed by atoms with van der Waals surface area (Å²) in [5, 5.41) is 14.3. The maximum Gasteiger partial charge on any atom is 0.331 e. The Balaban J connectivity index is 1.85. The molecule has 8 nitrogen and oxygen atoms in total. The Morgan fingerprint density at radius 3 is 2.48 bits per heavy atom. The molecule has 0 spiro atoms. The summed E-state index contributed by atoms with van der Waals surface area (Å²) >= 11 is 0. The number of hydrogen-bond acceptors (Lipinski definition) is 5. The van der Waals surface area contributed by atoms with Crippen molar-refractivity contribution in [3.63, 3.8) is 0 Å². The molecule has 0 unspecified atom stereocenters. The van der Waals surface area contributed by atoms with Gasteiger partial charge >= 0.3 is 5.69 Å². The van der Waals surface area contributed by atoms with Crippen molar-refractivity contribution in [3.8, 4) is 5.88 Å². The van der Waals surface area contributed by atoms with Gasteiger partial charge in [0.2, 0.25) is 5.88 Å². The molecule has 1 fully saturated rings.